The molecule has 0 bridgehead atoms. The van der Waals surface area contributed by atoms with Crippen LogP contribution in [0.2, 0.25) is 5.02 Å². The average molecular weight is 646 g/mol. The minimum Gasteiger partial charge on any atom is -0.387 e. The Kier molecular flexibility index (Phi) is 9.01. The van der Waals surface area contributed by atoms with Crippen LogP contribution in [0.5, 0.6) is 0 Å². The summed E-state index contributed by atoms with van der Waals surface area (Å²) in [4.78, 5) is 8.65. The van der Waals surface area contributed by atoms with Gasteiger partial charge in [-0.1, -0.05) is 35.0 Å². The van der Waals surface area contributed by atoms with Gasteiger partial charge in [0.25, 0.3) is 10.0 Å². The number of benzene rings is 3. The maximum absolute atomic E-state index is 13.0. The van der Waals surface area contributed by atoms with E-state index >= 15 is 0 Å². The fourth-order valence-electron chi connectivity index (χ4n) is 4.70. The lowest BCUT2D eigenvalue weighted by molar-refractivity contribution is 0.174. The number of nitrogens with zero attached hydrogens (tertiary/aromatic N) is 3. The van der Waals surface area contributed by atoms with Crippen LogP contribution in [-0.4, -0.2) is 41.7 Å². The second kappa shape index (κ2) is 13.2. The summed E-state index contributed by atoms with van der Waals surface area (Å²) in [5, 5.41) is 21.3. The molecule has 0 radical (unpaired) electrons. The Morgan fingerprint density at radius 1 is 1.02 bits per heavy atom. The number of aliphatic hydroxyl groups excluding tert-OH is 1. The highest BCUT2D eigenvalue weighted by Crippen LogP contribution is 2.30. The van der Waals surface area contributed by atoms with Crippen molar-refractivity contribution in [1.82, 2.24) is 20.4 Å². The Balaban J connectivity index is 1.02. The molecule has 6 aromatic rings. The van der Waals surface area contributed by atoms with Gasteiger partial charge in [0.15, 0.2) is 0 Å². The summed E-state index contributed by atoms with van der Waals surface area (Å²) in [6.45, 7) is 1.08. The minimum absolute atomic E-state index is 0.118. The van der Waals surface area contributed by atoms with Crippen LogP contribution in [0.4, 0.5) is 5.69 Å². The van der Waals surface area contributed by atoms with Gasteiger partial charge in [0.2, 0.25) is 11.7 Å². The molecule has 224 valence electrons. The molecule has 0 spiro atoms. The fourth-order valence-corrected chi connectivity index (χ4v) is 6.87. The molecule has 0 amide bonds. The predicted molar refractivity (Wildman–Crippen MR) is 172 cm³/mol. The van der Waals surface area contributed by atoms with Crippen molar-refractivity contribution < 1.29 is 18.0 Å². The minimum atomic E-state index is -3.80. The lowest BCUT2D eigenvalue weighted by Crippen LogP contribution is -2.23. The molecule has 0 saturated carbocycles. The summed E-state index contributed by atoms with van der Waals surface area (Å²) in [6, 6.07) is 23.0. The van der Waals surface area contributed by atoms with E-state index in [4.69, 9.17) is 16.1 Å². The zero-order valence-corrected chi connectivity index (χ0v) is 25.7. The molecule has 44 heavy (non-hydrogen) atoms. The monoisotopic (exact) mass is 645 g/mol. The van der Waals surface area contributed by atoms with Crippen molar-refractivity contribution in [2.24, 2.45) is 0 Å². The van der Waals surface area contributed by atoms with Gasteiger partial charge in [-0.2, -0.15) is 4.98 Å². The average Bonchev–Trinajstić information content (AvgIpc) is 3.67. The molecule has 0 aliphatic carbocycles. The summed E-state index contributed by atoms with van der Waals surface area (Å²) in [5.41, 5.74) is 3.96. The number of rotatable bonds is 12. The van der Waals surface area contributed by atoms with Crippen LogP contribution >= 0.6 is 22.9 Å². The molecule has 0 aliphatic rings. The second-order valence-corrected chi connectivity index (χ2v) is 13.2. The van der Waals surface area contributed by atoms with Crippen LogP contribution in [0.1, 0.15) is 28.7 Å². The molecular weight excluding hydrogens is 618 g/mol. The number of aliphatic hydroxyl groups is 1. The summed E-state index contributed by atoms with van der Waals surface area (Å²) in [5.74, 6) is 0.839. The molecule has 3 aromatic heterocycles. The standard InChI is InChI=1S/C32H28ClN5O4S2/c33-25-7-12-30-28(17-25)24(20-43-30)16-31-36-32(37-42-31)22-5-10-27(11-6-22)44(40,41)38-26-8-3-21(4-9-26)13-15-35-19-29(39)23-2-1-14-34-18-23/h1-12,14,17-18,20,29,35,38-39H,13,15-16,19H2. The SMILES string of the molecule is O=S(=O)(Nc1ccc(CCNCC(O)c2cccnc2)cc1)c1ccc(-c2noc(Cc3csc4ccc(Cl)cc34)n2)cc1. The van der Waals surface area contributed by atoms with Crippen molar-refractivity contribution in [3.8, 4) is 11.4 Å². The number of fused-ring (bicyclic) bond motifs is 1. The van der Waals surface area contributed by atoms with Gasteiger partial charge >= 0.3 is 0 Å². The number of hydrogen-bond donors (Lipinski definition) is 3. The van der Waals surface area contributed by atoms with E-state index < -0.39 is 16.1 Å². The zero-order chi connectivity index (χ0) is 30.5. The van der Waals surface area contributed by atoms with Crippen LogP contribution in [0.15, 0.2) is 106 Å². The fraction of sp³-hybridized carbons (Fsp3) is 0.156. The lowest BCUT2D eigenvalue weighted by atomic mass is 10.1. The van der Waals surface area contributed by atoms with Crippen molar-refractivity contribution in [3.05, 3.63) is 124 Å². The summed E-state index contributed by atoms with van der Waals surface area (Å²) in [6.07, 6.45) is 3.88. The summed E-state index contributed by atoms with van der Waals surface area (Å²) >= 11 is 7.80. The molecule has 12 heteroatoms. The van der Waals surface area contributed by atoms with Gasteiger partial charge in [-0.25, -0.2) is 8.42 Å². The van der Waals surface area contributed by atoms with Gasteiger partial charge in [-0.05, 0) is 95.5 Å². The molecule has 0 fully saturated rings. The quantitative estimate of drug-likeness (QED) is 0.133. The largest absolute Gasteiger partial charge is 0.387 e. The number of sulfonamides is 1. The van der Waals surface area contributed by atoms with Crippen molar-refractivity contribution in [2.45, 2.75) is 23.8 Å². The van der Waals surface area contributed by atoms with E-state index in [1.165, 1.54) is 12.1 Å². The molecule has 1 atom stereocenters. The first-order chi connectivity index (χ1) is 21.3. The second-order valence-electron chi connectivity index (χ2n) is 10.2. The predicted octanol–water partition coefficient (Wildman–Crippen LogP) is 6.26. The van der Waals surface area contributed by atoms with E-state index in [-0.39, 0.29) is 4.90 Å². The molecule has 0 saturated heterocycles. The van der Waals surface area contributed by atoms with E-state index in [1.54, 1.807) is 54.1 Å². The van der Waals surface area contributed by atoms with Gasteiger partial charge in [0, 0.05) is 45.5 Å². The van der Waals surface area contributed by atoms with Gasteiger partial charge in [0.1, 0.15) is 0 Å². The Morgan fingerprint density at radius 2 is 1.84 bits per heavy atom. The molecule has 9 nitrogen and oxygen atoms in total. The molecule has 1 unspecified atom stereocenters. The zero-order valence-electron chi connectivity index (χ0n) is 23.4. The van der Waals surface area contributed by atoms with Crippen LogP contribution in [-0.2, 0) is 22.9 Å². The normalized spacial score (nSPS) is 12.4. The number of aromatic nitrogens is 3. The van der Waals surface area contributed by atoms with Crippen LogP contribution in [0, 0.1) is 0 Å². The Labute approximate surface area is 263 Å². The van der Waals surface area contributed by atoms with Crippen molar-refractivity contribution in [1.29, 1.82) is 0 Å². The Bertz CT molecular complexity index is 1960. The number of pyridine rings is 1. The van der Waals surface area contributed by atoms with E-state index in [1.807, 2.05) is 36.4 Å². The maximum atomic E-state index is 13.0. The topological polar surface area (TPSA) is 130 Å². The molecule has 0 aliphatic heterocycles. The smallest absolute Gasteiger partial charge is 0.261 e. The Morgan fingerprint density at radius 3 is 2.61 bits per heavy atom. The highest BCUT2D eigenvalue weighted by molar-refractivity contribution is 7.92. The molecule has 3 heterocycles. The van der Waals surface area contributed by atoms with E-state index in [2.05, 4.69) is 30.5 Å². The van der Waals surface area contributed by atoms with Crippen molar-refractivity contribution >= 4 is 48.7 Å². The van der Waals surface area contributed by atoms with E-state index in [0.29, 0.717) is 47.5 Å². The van der Waals surface area contributed by atoms with Gasteiger partial charge in [-0.15, -0.1) is 11.3 Å². The first-order valence-corrected chi connectivity index (χ1v) is 16.6. The number of anilines is 1. The third kappa shape index (κ3) is 7.15. The highest BCUT2D eigenvalue weighted by Gasteiger charge is 2.17. The van der Waals surface area contributed by atoms with E-state index in [0.717, 1.165) is 33.2 Å². The maximum Gasteiger partial charge on any atom is 0.261 e. The summed E-state index contributed by atoms with van der Waals surface area (Å²) < 4.78 is 35.3. The van der Waals surface area contributed by atoms with Gasteiger partial charge < -0.3 is 14.9 Å². The summed E-state index contributed by atoms with van der Waals surface area (Å²) in [7, 11) is -3.80. The lowest BCUT2D eigenvalue weighted by Gasteiger charge is -2.12. The third-order valence-electron chi connectivity index (χ3n) is 7.05. The molecule has 3 aromatic carbocycles. The van der Waals surface area contributed by atoms with E-state index in [9.17, 15) is 13.5 Å². The molecule has 6 rings (SSSR count). The van der Waals surface area contributed by atoms with Gasteiger partial charge in [-0.3, -0.25) is 9.71 Å². The molecular formula is C32H28ClN5O4S2. The van der Waals surface area contributed by atoms with Crippen LogP contribution < -0.4 is 10.0 Å². The van der Waals surface area contributed by atoms with Crippen molar-refractivity contribution in [3.63, 3.8) is 0 Å². The Hall–Kier alpha value is -4.13. The molecule has 3 N–H and O–H groups in total. The number of hydrogen-bond acceptors (Lipinski definition) is 9. The number of thiophene rings is 1. The number of nitrogens with one attached hydrogen (secondary N) is 2. The number of halogens is 1. The first kappa shape index (κ1) is 29.9. The first-order valence-electron chi connectivity index (χ1n) is 13.8. The third-order valence-corrected chi connectivity index (χ3v) is 9.70. The highest BCUT2D eigenvalue weighted by atomic mass is 35.5. The van der Waals surface area contributed by atoms with Crippen molar-refractivity contribution in [2.75, 3.05) is 17.8 Å². The van der Waals surface area contributed by atoms with Crippen LogP contribution in [0.25, 0.3) is 21.5 Å². The van der Waals surface area contributed by atoms with Crippen LogP contribution in [0.3, 0.4) is 0 Å². The van der Waals surface area contributed by atoms with Gasteiger partial charge in [0.05, 0.1) is 17.4 Å².